The lowest BCUT2D eigenvalue weighted by atomic mass is 10.2. The fraction of sp³-hybridized carbons (Fsp3) is 0.438. The lowest BCUT2D eigenvalue weighted by Gasteiger charge is -2.17. The van der Waals surface area contributed by atoms with Crippen molar-refractivity contribution in [3.63, 3.8) is 0 Å². The molecule has 1 atom stereocenters. The van der Waals surface area contributed by atoms with E-state index in [2.05, 4.69) is 9.97 Å². The average molecular weight is 319 g/mol. The van der Waals surface area contributed by atoms with E-state index in [1.54, 1.807) is 41.6 Å². The van der Waals surface area contributed by atoms with Gasteiger partial charge in [0.05, 0.1) is 12.6 Å². The maximum atomic E-state index is 12.5. The van der Waals surface area contributed by atoms with E-state index in [4.69, 9.17) is 4.74 Å². The van der Waals surface area contributed by atoms with Crippen molar-refractivity contribution in [2.24, 2.45) is 0 Å². The Morgan fingerprint density at radius 2 is 2.27 bits per heavy atom. The first-order valence-electron chi connectivity index (χ1n) is 7.28. The monoisotopic (exact) mass is 319 g/mol. The molecule has 0 fully saturated rings. The lowest BCUT2D eigenvalue weighted by Crippen LogP contribution is -2.26. The molecule has 0 aliphatic carbocycles. The van der Waals surface area contributed by atoms with Crippen LogP contribution >= 0.6 is 11.3 Å². The number of hydrogen-bond donors (Lipinski definition) is 0. The van der Waals surface area contributed by atoms with Crippen molar-refractivity contribution in [2.45, 2.75) is 39.8 Å². The number of carbonyl (C=O) groups excluding carboxylic acids is 1. The molecule has 2 aromatic heterocycles. The van der Waals surface area contributed by atoms with Crippen LogP contribution in [0.3, 0.4) is 0 Å². The quantitative estimate of drug-likeness (QED) is 0.820. The molecular formula is C16H21N3O2S. The van der Waals surface area contributed by atoms with E-state index in [-0.39, 0.29) is 12.0 Å². The predicted molar refractivity (Wildman–Crippen MR) is 87.3 cm³/mol. The second-order valence-corrected chi connectivity index (χ2v) is 6.21. The van der Waals surface area contributed by atoms with Crippen molar-refractivity contribution in [3.05, 3.63) is 40.0 Å². The van der Waals surface area contributed by atoms with Crippen molar-refractivity contribution < 1.29 is 9.53 Å². The second kappa shape index (κ2) is 7.35. The Hall–Kier alpha value is -1.95. The molecule has 0 bridgehead atoms. The van der Waals surface area contributed by atoms with Gasteiger partial charge in [0.25, 0.3) is 5.91 Å². The molecule has 1 amide bonds. The van der Waals surface area contributed by atoms with Gasteiger partial charge in [0, 0.05) is 35.9 Å². The fourth-order valence-electron chi connectivity index (χ4n) is 1.87. The smallest absolute Gasteiger partial charge is 0.254 e. The molecule has 6 heteroatoms. The van der Waals surface area contributed by atoms with Crippen LogP contribution in [0.15, 0.2) is 23.7 Å². The highest BCUT2D eigenvalue weighted by atomic mass is 32.1. The van der Waals surface area contributed by atoms with Crippen LogP contribution in [0.1, 0.15) is 41.3 Å². The topological polar surface area (TPSA) is 55.3 Å². The van der Waals surface area contributed by atoms with Gasteiger partial charge in [0.2, 0.25) is 5.88 Å². The van der Waals surface area contributed by atoms with Gasteiger partial charge in [0.15, 0.2) is 0 Å². The Kier molecular flexibility index (Phi) is 5.49. The number of thiazole rings is 1. The normalized spacial score (nSPS) is 12.0. The van der Waals surface area contributed by atoms with Gasteiger partial charge in [-0.3, -0.25) is 4.79 Å². The molecule has 2 heterocycles. The molecule has 0 aliphatic heterocycles. The molecule has 0 radical (unpaired) electrons. The van der Waals surface area contributed by atoms with Gasteiger partial charge in [-0.1, -0.05) is 6.92 Å². The van der Waals surface area contributed by atoms with Crippen molar-refractivity contribution >= 4 is 17.2 Å². The molecule has 0 N–H and O–H groups in total. The van der Waals surface area contributed by atoms with Crippen molar-refractivity contribution in [2.75, 3.05) is 7.05 Å². The fourth-order valence-corrected chi connectivity index (χ4v) is 2.69. The van der Waals surface area contributed by atoms with Crippen LogP contribution in [-0.4, -0.2) is 33.9 Å². The van der Waals surface area contributed by atoms with Gasteiger partial charge in [-0.05, 0) is 26.3 Å². The lowest BCUT2D eigenvalue weighted by molar-refractivity contribution is 0.0783. The summed E-state index contributed by atoms with van der Waals surface area (Å²) in [5, 5.41) is 2.91. The maximum absolute atomic E-state index is 12.5. The van der Waals surface area contributed by atoms with Crippen LogP contribution < -0.4 is 4.74 Å². The Balaban J connectivity index is 2.06. The maximum Gasteiger partial charge on any atom is 0.254 e. The van der Waals surface area contributed by atoms with E-state index < -0.39 is 0 Å². The second-order valence-electron chi connectivity index (χ2n) is 5.26. The average Bonchev–Trinajstić information content (AvgIpc) is 2.91. The van der Waals surface area contributed by atoms with Crippen LogP contribution in [0.4, 0.5) is 0 Å². The van der Waals surface area contributed by atoms with Crippen molar-refractivity contribution in [1.82, 2.24) is 14.9 Å². The third-order valence-corrected chi connectivity index (χ3v) is 4.22. The first-order chi connectivity index (χ1) is 10.5. The minimum atomic E-state index is -0.0655. The zero-order valence-corrected chi connectivity index (χ0v) is 14.2. The zero-order chi connectivity index (χ0) is 16.1. The van der Waals surface area contributed by atoms with E-state index in [0.29, 0.717) is 18.0 Å². The number of pyridine rings is 1. The van der Waals surface area contributed by atoms with Crippen molar-refractivity contribution in [1.29, 1.82) is 0 Å². The number of aromatic nitrogens is 2. The van der Waals surface area contributed by atoms with Gasteiger partial charge in [-0.15, -0.1) is 11.3 Å². The number of aryl methyl sites for hydroxylation is 1. The summed E-state index contributed by atoms with van der Waals surface area (Å²) in [4.78, 5) is 22.7. The Morgan fingerprint density at radius 3 is 2.91 bits per heavy atom. The summed E-state index contributed by atoms with van der Waals surface area (Å²) in [7, 11) is 1.77. The van der Waals surface area contributed by atoms with Gasteiger partial charge < -0.3 is 9.64 Å². The van der Waals surface area contributed by atoms with Gasteiger partial charge in [0.1, 0.15) is 5.01 Å². The number of rotatable bonds is 6. The molecule has 0 aliphatic rings. The van der Waals surface area contributed by atoms with E-state index in [0.717, 1.165) is 17.1 Å². The Morgan fingerprint density at radius 1 is 1.50 bits per heavy atom. The zero-order valence-electron chi connectivity index (χ0n) is 13.4. The predicted octanol–water partition coefficient (Wildman–Crippen LogP) is 3.30. The molecule has 118 valence electrons. The Labute approximate surface area is 135 Å². The van der Waals surface area contributed by atoms with Crippen LogP contribution in [0.2, 0.25) is 0 Å². The summed E-state index contributed by atoms with van der Waals surface area (Å²) >= 11 is 1.56. The third kappa shape index (κ3) is 4.27. The highest BCUT2D eigenvalue weighted by Crippen LogP contribution is 2.16. The summed E-state index contributed by atoms with van der Waals surface area (Å²) in [5.41, 5.74) is 1.55. The van der Waals surface area contributed by atoms with Crippen LogP contribution in [0.25, 0.3) is 0 Å². The first kappa shape index (κ1) is 16.4. The van der Waals surface area contributed by atoms with E-state index in [9.17, 15) is 4.79 Å². The Bertz CT molecular complexity index is 642. The highest BCUT2D eigenvalue weighted by Gasteiger charge is 2.15. The molecule has 2 aromatic rings. The summed E-state index contributed by atoms with van der Waals surface area (Å²) < 4.78 is 5.66. The third-order valence-electron chi connectivity index (χ3n) is 3.26. The van der Waals surface area contributed by atoms with E-state index in [1.807, 2.05) is 26.2 Å². The molecule has 0 spiro atoms. The standard InChI is InChI=1S/C16H21N3O2S/c1-5-12(3)21-14-8-13(6-7-17-14)16(20)19(4)9-15-18-11(2)10-22-15/h6-8,10,12H,5,9H2,1-4H3/t12-/m1/s1. The molecule has 0 saturated carbocycles. The molecule has 0 unspecified atom stereocenters. The van der Waals surface area contributed by atoms with Gasteiger partial charge in [-0.2, -0.15) is 0 Å². The van der Waals surface area contributed by atoms with E-state index in [1.165, 1.54) is 0 Å². The highest BCUT2D eigenvalue weighted by molar-refractivity contribution is 7.09. The molecule has 0 aromatic carbocycles. The van der Waals surface area contributed by atoms with Crippen LogP contribution in [0.5, 0.6) is 5.88 Å². The number of nitrogens with zero attached hydrogens (tertiary/aromatic N) is 3. The largest absolute Gasteiger partial charge is 0.475 e. The summed E-state index contributed by atoms with van der Waals surface area (Å²) in [6.07, 6.45) is 2.57. The number of ether oxygens (including phenoxy) is 1. The van der Waals surface area contributed by atoms with Crippen LogP contribution in [0, 0.1) is 6.92 Å². The van der Waals surface area contributed by atoms with Gasteiger partial charge >= 0.3 is 0 Å². The number of hydrogen-bond acceptors (Lipinski definition) is 5. The number of carbonyl (C=O) groups is 1. The first-order valence-corrected chi connectivity index (χ1v) is 8.16. The van der Waals surface area contributed by atoms with E-state index >= 15 is 0 Å². The number of amides is 1. The summed E-state index contributed by atoms with van der Waals surface area (Å²) in [6.45, 7) is 6.47. The SMILES string of the molecule is CC[C@@H](C)Oc1cc(C(=O)N(C)Cc2nc(C)cs2)ccn1. The van der Waals surface area contributed by atoms with Gasteiger partial charge in [-0.25, -0.2) is 9.97 Å². The van der Waals surface area contributed by atoms with Crippen LogP contribution in [-0.2, 0) is 6.54 Å². The van der Waals surface area contributed by atoms with Crippen molar-refractivity contribution in [3.8, 4) is 5.88 Å². The summed E-state index contributed by atoms with van der Waals surface area (Å²) in [6, 6.07) is 3.40. The minimum Gasteiger partial charge on any atom is -0.475 e. The molecule has 0 saturated heterocycles. The molecular weight excluding hydrogens is 298 g/mol. The minimum absolute atomic E-state index is 0.0655. The molecule has 5 nitrogen and oxygen atoms in total. The molecule has 2 rings (SSSR count). The summed E-state index contributed by atoms with van der Waals surface area (Å²) in [5.74, 6) is 0.419. The molecule has 22 heavy (non-hydrogen) atoms.